The van der Waals surface area contributed by atoms with E-state index >= 15 is 0 Å². The van der Waals surface area contributed by atoms with E-state index in [-0.39, 0.29) is 17.1 Å². The van der Waals surface area contributed by atoms with E-state index in [9.17, 15) is 4.39 Å². The molecule has 66 valence electrons. The fourth-order valence-electron chi connectivity index (χ4n) is 0.839. The monoisotopic (exact) mass is 191 g/mol. The maximum absolute atomic E-state index is 12.7. The molecule has 0 fully saturated rings. The average molecular weight is 192 g/mol. The summed E-state index contributed by atoms with van der Waals surface area (Å²) in [6.07, 6.45) is 0. The zero-order valence-electron chi connectivity index (χ0n) is 6.01. The number of nitrogens with one attached hydrogen (secondary N) is 1. The molecule has 1 rings (SSSR count). The van der Waals surface area contributed by atoms with Crippen molar-refractivity contribution in [3.63, 3.8) is 0 Å². The summed E-state index contributed by atoms with van der Waals surface area (Å²) in [5.74, 6) is -1.30. The number of aromatic hydroxyl groups is 1. The van der Waals surface area contributed by atoms with E-state index in [1.807, 2.05) is 0 Å². The fourth-order valence-corrected chi connectivity index (χ4v) is 1.07. The molecule has 0 radical (unpaired) electrons. The largest absolute Gasteiger partial charge is 0.505 e. The van der Waals surface area contributed by atoms with Crippen LogP contribution in [0.1, 0.15) is 5.56 Å². The summed E-state index contributed by atoms with van der Waals surface area (Å²) in [5, 5.41) is 17.5. The first-order valence-electron chi connectivity index (χ1n) is 3.19. The van der Waals surface area contributed by atoms with Crippen molar-refractivity contribution >= 4 is 11.6 Å². The highest BCUT2D eigenvalue weighted by Gasteiger charge is 2.07. The molecule has 0 spiro atoms. The van der Waals surface area contributed by atoms with Gasteiger partial charge in [0.15, 0.2) is 11.6 Å². The van der Waals surface area contributed by atoms with E-state index in [1.54, 1.807) is 5.48 Å². The molecule has 0 atom stereocenters. The highest BCUT2D eigenvalue weighted by Crippen LogP contribution is 2.25. The Morgan fingerprint density at radius 3 is 2.75 bits per heavy atom. The van der Waals surface area contributed by atoms with Crippen LogP contribution in [0, 0.1) is 5.82 Å². The number of hydrogen-bond acceptors (Lipinski definition) is 3. The van der Waals surface area contributed by atoms with Gasteiger partial charge in [0.1, 0.15) is 0 Å². The molecule has 0 saturated carbocycles. The van der Waals surface area contributed by atoms with Gasteiger partial charge in [-0.05, 0) is 12.1 Å². The van der Waals surface area contributed by atoms with Crippen molar-refractivity contribution in [2.75, 3.05) is 0 Å². The van der Waals surface area contributed by atoms with Gasteiger partial charge in [0.2, 0.25) is 0 Å². The number of halogens is 2. The molecule has 3 nitrogen and oxygen atoms in total. The molecule has 0 aliphatic rings. The molecule has 0 aromatic heterocycles. The molecule has 1 aromatic rings. The Morgan fingerprint density at radius 1 is 1.50 bits per heavy atom. The van der Waals surface area contributed by atoms with E-state index in [4.69, 9.17) is 21.9 Å². The Bertz CT molecular complexity index is 293. The minimum atomic E-state index is -0.798. The van der Waals surface area contributed by atoms with Gasteiger partial charge in [-0.15, -0.1) is 0 Å². The standard InChI is InChI=1S/C7H7ClFNO2/c8-5-1-4(3-10-12)7(11)6(9)2-5/h1-2,10-12H,3H2. The molecule has 0 aliphatic heterocycles. The van der Waals surface area contributed by atoms with Crippen LogP contribution in [-0.2, 0) is 6.54 Å². The highest BCUT2D eigenvalue weighted by atomic mass is 35.5. The van der Waals surface area contributed by atoms with Crippen LogP contribution in [0.2, 0.25) is 5.02 Å². The van der Waals surface area contributed by atoms with Gasteiger partial charge in [-0.2, -0.15) is 0 Å². The summed E-state index contributed by atoms with van der Waals surface area (Å²) in [5.41, 5.74) is 2.00. The van der Waals surface area contributed by atoms with Crippen molar-refractivity contribution < 1.29 is 14.7 Å². The van der Waals surface area contributed by atoms with Gasteiger partial charge in [0, 0.05) is 17.1 Å². The third-order valence-electron chi connectivity index (χ3n) is 1.38. The van der Waals surface area contributed by atoms with E-state index in [1.165, 1.54) is 6.07 Å². The van der Waals surface area contributed by atoms with Crippen LogP contribution in [-0.4, -0.2) is 10.3 Å². The minimum Gasteiger partial charge on any atom is -0.505 e. The van der Waals surface area contributed by atoms with Gasteiger partial charge in [0.25, 0.3) is 0 Å². The fraction of sp³-hybridized carbons (Fsp3) is 0.143. The second kappa shape index (κ2) is 3.71. The van der Waals surface area contributed by atoms with E-state index < -0.39 is 11.6 Å². The van der Waals surface area contributed by atoms with Crippen LogP contribution in [0.3, 0.4) is 0 Å². The Balaban J connectivity index is 3.09. The smallest absolute Gasteiger partial charge is 0.166 e. The Labute approximate surface area is 73.4 Å². The predicted octanol–water partition coefficient (Wildman–Crippen LogP) is 1.66. The summed E-state index contributed by atoms with van der Waals surface area (Å²) in [6, 6.07) is 2.36. The Morgan fingerprint density at radius 2 is 2.17 bits per heavy atom. The summed E-state index contributed by atoms with van der Waals surface area (Å²) < 4.78 is 12.7. The van der Waals surface area contributed by atoms with Gasteiger partial charge in [-0.1, -0.05) is 11.6 Å². The number of phenols is 1. The van der Waals surface area contributed by atoms with Gasteiger partial charge in [-0.25, -0.2) is 9.87 Å². The Hall–Kier alpha value is -0.840. The topological polar surface area (TPSA) is 52.5 Å². The maximum atomic E-state index is 12.7. The number of hydroxylamine groups is 1. The van der Waals surface area contributed by atoms with Crippen LogP contribution in [0.4, 0.5) is 4.39 Å². The number of rotatable bonds is 2. The lowest BCUT2D eigenvalue weighted by Gasteiger charge is -2.04. The second-order valence-electron chi connectivity index (χ2n) is 2.23. The third-order valence-corrected chi connectivity index (χ3v) is 1.59. The zero-order valence-corrected chi connectivity index (χ0v) is 6.77. The lowest BCUT2D eigenvalue weighted by molar-refractivity contribution is 0.160. The van der Waals surface area contributed by atoms with Crippen LogP contribution in [0.5, 0.6) is 5.75 Å². The molecule has 0 amide bonds. The van der Waals surface area contributed by atoms with Gasteiger partial charge >= 0.3 is 0 Å². The molecular formula is C7H7ClFNO2. The van der Waals surface area contributed by atoms with Crippen molar-refractivity contribution in [1.29, 1.82) is 0 Å². The number of phenolic OH excluding ortho intramolecular Hbond substituents is 1. The van der Waals surface area contributed by atoms with Crippen molar-refractivity contribution in [2.45, 2.75) is 6.54 Å². The molecular weight excluding hydrogens is 185 g/mol. The van der Waals surface area contributed by atoms with Crippen LogP contribution >= 0.6 is 11.6 Å². The van der Waals surface area contributed by atoms with Crippen LogP contribution in [0.25, 0.3) is 0 Å². The second-order valence-corrected chi connectivity index (χ2v) is 2.67. The molecule has 12 heavy (non-hydrogen) atoms. The summed E-state index contributed by atoms with van der Waals surface area (Å²) >= 11 is 5.50. The molecule has 0 aliphatic carbocycles. The van der Waals surface area contributed by atoms with Gasteiger partial charge in [0.05, 0.1) is 0 Å². The van der Waals surface area contributed by atoms with Gasteiger partial charge in [-0.3, -0.25) is 0 Å². The van der Waals surface area contributed by atoms with Gasteiger partial charge < -0.3 is 10.3 Å². The van der Waals surface area contributed by atoms with Crippen LogP contribution in [0.15, 0.2) is 12.1 Å². The molecule has 0 unspecified atom stereocenters. The maximum Gasteiger partial charge on any atom is 0.166 e. The number of benzene rings is 1. The normalized spacial score (nSPS) is 10.2. The third kappa shape index (κ3) is 1.85. The lowest BCUT2D eigenvalue weighted by atomic mass is 10.2. The molecule has 0 heterocycles. The molecule has 1 aromatic carbocycles. The SMILES string of the molecule is ONCc1cc(Cl)cc(F)c1O. The Kier molecular flexibility index (Phi) is 2.86. The van der Waals surface area contributed by atoms with E-state index in [0.717, 1.165) is 6.07 Å². The molecule has 5 heteroatoms. The lowest BCUT2D eigenvalue weighted by Crippen LogP contribution is -2.06. The molecule has 0 bridgehead atoms. The van der Waals surface area contributed by atoms with E-state index in [2.05, 4.69) is 0 Å². The molecule has 3 N–H and O–H groups in total. The van der Waals surface area contributed by atoms with Crippen molar-refractivity contribution in [3.05, 3.63) is 28.5 Å². The summed E-state index contributed by atoms with van der Waals surface area (Å²) in [4.78, 5) is 0. The van der Waals surface area contributed by atoms with Crippen LogP contribution < -0.4 is 5.48 Å². The summed E-state index contributed by atoms with van der Waals surface area (Å²) in [6.45, 7) is -0.0523. The first-order valence-corrected chi connectivity index (χ1v) is 3.56. The average Bonchev–Trinajstić information content (AvgIpc) is 2.00. The van der Waals surface area contributed by atoms with Crippen molar-refractivity contribution in [3.8, 4) is 5.75 Å². The summed E-state index contributed by atoms with van der Waals surface area (Å²) in [7, 11) is 0. The first-order chi connectivity index (χ1) is 5.65. The minimum absolute atomic E-state index is 0.0523. The number of hydrogen-bond donors (Lipinski definition) is 3. The molecule has 0 saturated heterocycles. The predicted molar refractivity (Wildman–Crippen MR) is 41.7 cm³/mol. The highest BCUT2D eigenvalue weighted by molar-refractivity contribution is 6.30. The van der Waals surface area contributed by atoms with E-state index in [0.29, 0.717) is 0 Å². The quantitative estimate of drug-likeness (QED) is 0.624. The van der Waals surface area contributed by atoms with Crippen molar-refractivity contribution in [1.82, 2.24) is 5.48 Å². The first kappa shape index (κ1) is 9.25. The van der Waals surface area contributed by atoms with Crippen molar-refractivity contribution in [2.24, 2.45) is 0 Å². The zero-order chi connectivity index (χ0) is 9.14.